The van der Waals surface area contributed by atoms with Gasteiger partial charge in [0.05, 0.1) is 35.7 Å². The number of H-pyrrole nitrogens is 1. The van der Waals surface area contributed by atoms with Crippen LogP contribution < -0.4 is 0 Å². The monoisotopic (exact) mass is 564 g/mol. The van der Waals surface area contributed by atoms with Crippen LogP contribution in [0.1, 0.15) is 65.2 Å². The third kappa shape index (κ3) is 5.81. The molecule has 0 atom stereocenters. The quantitative estimate of drug-likeness (QED) is 0.204. The van der Waals surface area contributed by atoms with Gasteiger partial charge in [-0.25, -0.2) is 9.79 Å². The lowest BCUT2D eigenvalue weighted by molar-refractivity contribution is -0.133. The number of amides is 1. The second-order valence-electron chi connectivity index (χ2n) is 11.1. The third-order valence-electron chi connectivity index (χ3n) is 8.05. The van der Waals surface area contributed by atoms with Crippen molar-refractivity contribution in [1.29, 1.82) is 0 Å². The summed E-state index contributed by atoms with van der Waals surface area (Å²) in [7, 11) is 0. The molecule has 8 nitrogen and oxygen atoms in total. The number of fused-ring (bicyclic) bond motifs is 2. The lowest BCUT2D eigenvalue weighted by atomic mass is 10.00. The lowest BCUT2D eigenvalue weighted by Gasteiger charge is -2.27. The number of likely N-dealkylation sites (tertiary alicyclic amines) is 1. The fraction of sp³-hybridized carbons (Fsp3) is 0.324. The van der Waals surface area contributed by atoms with E-state index in [0.29, 0.717) is 48.6 Å². The Bertz CT molecular complexity index is 1640. The maximum absolute atomic E-state index is 13.1. The molecule has 42 heavy (non-hydrogen) atoms. The summed E-state index contributed by atoms with van der Waals surface area (Å²) in [4.78, 5) is 37.8. The van der Waals surface area contributed by atoms with E-state index in [4.69, 9.17) is 9.73 Å². The van der Waals surface area contributed by atoms with Gasteiger partial charge in [-0.1, -0.05) is 55.8 Å². The summed E-state index contributed by atoms with van der Waals surface area (Å²) >= 11 is 0. The number of benzene rings is 3. The van der Waals surface area contributed by atoms with E-state index >= 15 is 0 Å². The third-order valence-corrected chi connectivity index (χ3v) is 8.05. The summed E-state index contributed by atoms with van der Waals surface area (Å²) in [5, 5.41) is 11.8. The molecule has 3 aromatic carbocycles. The zero-order valence-electron chi connectivity index (χ0n) is 23.9. The van der Waals surface area contributed by atoms with Crippen LogP contribution in [0.2, 0.25) is 0 Å². The Kier molecular flexibility index (Phi) is 8.06. The van der Waals surface area contributed by atoms with Crippen molar-refractivity contribution in [2.45, 2.75) is 45.7 Å². The Morgan fingerprint density at radius 1 is 0.929 bits per heavy atom. The van der Waals surface area contributed by atoms with Crippen molar-refractivity contribution in [2.24, 2.45) is 4.99 Å². The van der Waals surface area contributed by atoms with Crippen LogP contribution in [0.3, 0.4) is 0 Å². The topological polar surface area (TPSA) is 98.2 Å². The van der Waals surface area contributed by atoms with Gasteiger partial charge in [0.1, 0.15) is 0 Å². The normalized spacial score (nSPS) is 15.6. The van der Waals surface area contributed by atoms with Gasteiger partial charge in [0.25, 0.3) is 0 Å². The highest BCUT2D eigenvalue weighted by molar-refractivity contribution is 6.22. The molecule has 0 radical (unpaired) electrons. The molecule has 1 saturated heterocycles. The number of esters is 1. The average molecular weight is 565 g/mol. The van der Waals surface area contributed by atoms with Crippen LogP contribution >= 0.6 is 0 Å². The molecular weight excluding hydrogens is 528 g/mol. The van der Waals surface area contributed by atoms with Crippen LogP contribution in [0.15, 0.2) is 71.7 Å². The highest BCUT2D eigenvalue weighted by atomic mass is 16.5. The number of hydrogen-bond donors (Lipinski definition) is 2. The van der Waals surface area contributed by atoms with Crippen molar-refractivity contribution in [3.63, 3.8) is 0 Å². The molecule has 216 valence electrons. The van der Waals surface area contributed by atoms with Crippen molar-refractivity contribution in [3.05, 3.63) is 94.5 Å². The number of carbonyl (C=O) groups excluding carboxylic acids is 2. The molecule has 3 heterocycles. The zero-order chi connectivity index (χ0) is 29.1. The minimum absolute atomic E-state index is 0.0256. The maximum atomic E-state index is 13.1. The molecule has 4 aromatic rings. The summed E-state index contributed by atoms with van der Waals surface area (Å²) in [6, 6.07) is 21.0. The first-order valence-electron chi connectivity index (χ1n) is 14.8. The average Bonchev–Trinajstić information content (AvgIpc) is 3.59. The molecular formula is C34H36N4O4. The zero-order valence-corrected chi connectivity index (χ0v) is 23.9. The number of aromatic amines is 1. The molecule has 1 amide bonds. The number of nitrogens with one attached hydrogen (secondary N) is 1. The number of aromatic hydroxyl groups is 1. The predicted octanol–water partition coefficient (Wildman–Crippen LogP) is 5.94. The minimum Gasteiger partial charge on any atom is -0.494 e. The standard InChI is InChI=1S/C34H36N4O4/c1-2-17-42-34(41)24-12-14-28-29(19-24)36-33(40)31(28)32(23-9-5-3-6-10-23)35-27-13-11-25-20-38(21-26(25)18-27)30(39)22-37-15-7-4-8-16-37/h3,5-6,9-14,18-19,36,40H,2,4,7-8,15-17,20-22H2,1H3. The van der Waals surface area contributed by atoms with Gasteiger partial charge in [-0.15, -0.1) is 0 Å². The summed E-state index contributed by atoms with van der Waals surface area (Å²) in [5.41, 5.74) is 6.02. The smallest absolute Gasteiger partial charge is 0.338 e. The van der Waals surface area contributed by atoms with Crippen molar-refractivity contribution >= 4 is 34.2 Å². The number of carbonyl (C=O) groups is 2. The van der Waals surface area contributed by atoms with E-state index in [1.807, 2.05) is 66.4 Å². The Labute approximate surface area is 245 Å². The van der Waals surface area contributed by atoms with Gasteiger partial charge in [0, 0.05) is 29.6 Å². The Morgan fingerprint density at radius 3 is 2.50 bits per heavy atom. The van der Waals surface area contributed by atoms with Crippen LogP contribution in [0, 0.1) is 0 Å². The fourth-order valence-electron chi connectivity index (χ4n) is 5.85. The molecule has 0 spiro atoms. The maximum Gasteiger partial charge on any atom is 0.338 e. The first-order valence-corrected chi connectivity index (χ1v) is 14.8. The molecule has 2 aliphatic rings. The molecule has 1 aromatic heterocycles. The largest absolute Gasteiger partial charge is 0.494 e. The summed E-state index contributed by atoms with van der Waals surface area (Å²) in [6.07, 6.45) is 4.32. The van der Waals surface area contributed by atoms with Crippen LogP contribution in [0.4, 0.5) is 5.69 Å². The van der Waals surface area contributed by atoms with E-state index in [1.165, 1.54) is 6.42 Å². The van der Waals surface area contributed by atoms with Gasteiger partial charge < -0.3 is 19.7 Å². The number of aliphatic imine (C=N–C) groups is 1. The Balaban J connectivity index is 1.31. The fourth-order valence-corrected chi connectivity index (χ4v) is 5.85. The van der Waals surface area contributed by atoms with E-state index in [-0.39, 0.29) is 11.8 Å². The molecule has 0 bridgehead atoms. The number of aromatic nitrogens is 1. The number of hydrogen-bond acceptors (Lipinski definition) is 6. The van der Waals surface area contributed by atoms with Crippen LogP contribution in [-0.4, -0.2) is 63.7 Å². The SMILES string of the molecule is CCCOC(=O)c1ccc2c(C(=Nc3ccc4c(c3)CN(C(=O)CN3CCCCC3)C4)c3ccccc3)c(O)[nH]c2c1. The van der Waals surface area contributed by atoms with E-state index in [9.17, 15) is 14.7 Å². The van der Waals surface area contributed by atoms with Gasteiger partial charge in [-0.2, -0.15) is 0 Å². The number of ether oxygens (including phenoxy) is 1. The Morgan fingerprint density at radius 2 is 1.71 bits per heavy atom. The van der Waals surface area contributed by atoms with Gasteiger partial charge in [-0.05, 0) is 67.7 Å². The van der Waals surface area contributed by atoms with E-state index in [2.05, 4.69) is 9.88 Å². The molecule has 6 rings (SSSR count). The van der Waals surface area contributed by atoms with Crippen molar-refractivity contribution in [3.8, 4) is 5.88 Å². The molecule has 0 unspecified atom stereocenters. The van der Waals surface area contributed by atoms with E-state index in [0.717, 1.165) is 60.1 Å². The number of nitrogens with zero attached hydrogens (tertiary/aromatic N) is 3. The van der Waals surface area contributed by atoms with E-state index in [1.54, 1.807) is 12.1 Å². The molecule has 2 N–H and O–H groups in total. The summed E-state index contributed by atoms with van der Waals surface area (Å²) in [6.45, 7) is 5.97. The molecule has 1 fully saturated rings. The minimum atomic E-state index is -0.395. The summed E-state index contributed by atoms with van der Waals surface area (Å²) in [5.74, 6) is -0.250. The summed E-state index contributed by atoms with van der Waals surface area (Å²) < 4.78 is 5.29. The van der Waals surface area contributed by atoms with Gasteiger partial charge in [-0.3, -0.25) is 9.69 Å². The first-order chi connectivity index (χ1) is 20.5. The van der Waals surface area contributed by atoms with Crippen molar-refractivity contribution in [2.75, 3.05) is 26.2 Å². The van der Waals surface area contributed by atoms with Crippen molar-refractivity contribution < 1.29 is 19.4 Å². The number of rotatable bonds is 8. The highest BCUT2D eigenvalue weighted by Gasteiger charge is 2.26. The van der Waals surface area contributed by atoms with Gasteiger partial charge >= 0.3 is 5.97 Å². The van der Waals surface area contributed by atoms with E-state index < -0.39 is 5.97 Å². The molecule has 2 aliphatic heterocycles. The molecule has 0 saturated carbocycles. The Hall–Kier alpha value is -4.43. The second kappa shape index (κ2) is 12.2. The van der Waals surface area contributed by atoms with Gasteiger partial charge in [0.2, 0.25) is 5.91 Å². The van der Waals surface area contributed by atoms with Crippen molar-refractivity contribution in [1.82, 2.24) is 14.8 Å². The number of piperidine rings is 1. The van der Waals surface area contributed by atoms with Crippen LogP contribution in [-0.2, 0) is 22.6 Å². The highest BCUT2D eigenvalue weighted by Crippen LogP contribution is 2.33. The molecule has 8 heteroatoms. The lowest BCUT2D eigenvalue weighted by Crippen LogP contribution is -2.40. The van der Waals surface area contributed by atoms with Crippen LogP contribution in [0.5, 0.6) is 5.88 Å². The van der Waals surface area contributed by atoms with Crippen LogP contribution in [0.25, 0.3) is 10.9 Å². The predicted molar refractivity (Wildman–Crippen MR) is 163 cm³/mol. The van der Waals surface area contributed by atoms with Gasteiger partial charge in [0.15, 0.2) is 5.88 Å². The molecule has 0 aliphatic carbocycles. The second-order valence-corrected chi connectivity index (χ2v) is 11.1. The first kappa shape index (κ1) is 27.7.